The standard InChI is InChI=1S/2C12H12O6/c2*1-2-4-9(12(16)17)18-8-6-3-5-7(10(8)13)11(14)15/h2*3-6,13H,2H2,1H3,(H,14,15)(H,16,17)/b9-4+;9-4-. The maximum Gasteiger partial charge on any atom is 0.371 e. The Labute approximate surface area is 204 Å². The van der Waals surface area contributed by atoms with Gasteiger partial charge in [0.05, 0.1) is 0 Å². The van der Waals surface area contributed by atoms with Crippen LogP contribution in [0.15, 0.2) is 60.1 Å². The molecule has 0 amide bonds. The molecule has 0 fully saturated rings. The fraction of sp³-hybridized carbons (Fsp3) is 0.167. The van der Waals surface area contributed by atoms with Crippen molar-refractivity contribution in [1.82, 2.24) is 0 Å². The van der Waals surface area contributed by atoms with Gasteiger partial charge in [-0.25, -0.2) is 19.2 Å². The first-order chi connectivity index (χ1) is 16.9. The summed E-state index contributed by atoms with van der Waals surface area (Å²) in [7, 11) is 0. The number of ether oxygens (including phenoxy) is 2. The SMILES string of the molecule is CC/C=C(/Oc1cccc(C(=O)O)c1O)C(=O)O.CC/C=C(\Oc1cccc(C(=O)O)c1O)C(=O)O. The van der Waals surface area contributed by atoms with Crippen LogP contribution in [0.4, 0.5) is 0 Å². The lowest BCUT2D eigenvalue weighted by Crippen LogP contribution is -2.08. The van der Waals surface area contributed by atoms with Crippen LogP contribution in [0.1, 0.15) is 47.4 Å². The number of rotatable bonds is 10. The molecule has 0 unspecified atom stereocenters. The first-order valence-corrected chi connectivity index (χ1v) is 10.3. The van der Waals surface area contributed by atoms with Crippen molar-refractivity contribution in [2.45, 2.75) is 26.7 Å². The number of allylic oxidation sites excluding steroid dienone is 2. The Hall–Kier alpha value is -5.00. The van der Waals surface area contributed by atoms with Crippen LogP contribution in [0.5, 0.6) is 23.0 Å². The van der Waals surface area contributed by atoms with Crippen LogP contribution in [-0.4, -0.2) is 54.5 Å². The van der Waals surface area contributed by atoms with E-state index in [-0.39, 0.29) is 34.1 Å². The number of aromatic hydroxyl groups is 2. The highest BCUT2D eigenvalue weighted by molar-refractivity contribution is 5.93. The average molecular weight is 504 g/mol. The van der Waals surface area contributed by atoms with Gasteiger partial charge < -0.3 is 40.1 Å². The maximum atomic E-state index is 10.8. The number of para-hydroxylation sites is 2. The Morgan fingerprint density at radius 3 is 1.25 bits per heavy atom. The molecule has 0 aromatic heterocycles. The maximum absolute atomic E-state index is 10.8. The van der Waals surface area contributed by atoms with Crippen molar-refractivity contribution in [1.29, 1.82) is 0 Å². The van der Waals surface area contributed by atoms with E-state index in [4.69, 9.17) is 29.9 Å². The summed E-state index contributed by atoms with van der Waals surface area (Å²) < 4.78 is 9.97. The van der Waals surface area contributed by atoms with Gasteiger partial charge >= 0.3 is 23.9 Å². The van der Waals surface area contributed by atoms with Gasteiger partial charge in [0.2, 0.25) is 11.5 Å². The second-order valence-corrected chi connectivity index (χ2v) is 6.68. The summed E-state index contributed by atoms with van der Waals surface area (Å²) in [6, 6.07) is 7.65. The molecule has 2 aromatic carbocycles. The molecule has 0 aliphatic carbocycles. The Bertz CT molecular complexity index is 1100. The number of aliphatic carboxylic acids is 2. The average Bonchev–Trinajstić information content (AvgIpc) is 2.80. The minimum absolute atomic E-state index is 0.211. The lowest BCUT2D eigenvalue weighted by Gasteiger charge is -2.09. The number of phenols is 2. The molecule has 0 radical (unpaired) electrons. The predicted molar refractivity (Wildman–Crippen MR) is 123 cm³/mol. The van der Waals surface area contributed by atoms with Gasteiger partial charge in [-0.2, -0.15) is 0 Å². The number of carboxylic acids is 4. The fourth-order valence-corrected chi connectivity index (χ4v) is 2.51. The highest BCUT2D eigenvalue weighted by atomic mass is 16.5. The Morgan fingerprint density at radius 1 is 0.667 bits per heavy atom. The van der Waals surface area contributed by atoms with E-state index in [1.165, 1.54) is 48.6 Å². The molecule has 0 heterocycles. The molecule has 0 bridgehead atoms. The van der Waals surface area contributed by atoms with Crippen LogP contribution in [-0.2, 0) is 9.59 Å². The zero-order valence-electron chi connectivity index (χ0n) is 19.2. The molecule has 6 N–H and O–H groups in total. The first-order valence-electron chi connectivity index (χ1n) is 10.3. The second-order valence-electron chi connectivity index (χ2n) is 6.68. The van der Waals surface area contributed by atoms with Crippen LogP contribution < -0.4 is 9.47 Å². The van der Waals surface area contributed by atoms with E-state index in [1.807, 2.05) is 0 Å². The Kier molecular flexibility index (Phi) is 11.0. The van der Waals surface area contributed by atoms with E-state index in [2.05, 4.69) is 0 Å². The Morgan fingerprint density at radius 2 is 1.00 bits per heavy atom. The molecule has 2 aromatic rings. The number of carbonyl (C=O) groups is 4. The Balaban J connectivity index is 0.000000360. The van der Waals surface area contributed by atoms with E-state index in [0.717, 1.165) is 0 Å². The normalized spacial score (nSPS) is 11.1. The van der Waals surface area contributed by atoms with Crippen molar-refractivity contribution < 1.29 is 59.3 Å². The molecular formula is C24H24O12. The van der Waals surface area contributed by atoms with Crippen LogP contribution in [0.25, 0.3) is 0 Å². The minimum atomic E-state index is -1.32. The number of hydrogen-bond donors (Lipinski definition) is 6. The predicted octanol–water partition coefficient (Wildman–Crippen LogP) is 3.70. The zero-order valence-corrected chi connectivity index (χ0v) is 19.2. The molecule has 0 saturated heterocycles. The van der Waals surface area contributed by atoms with E-state index in [9.17, 15) is 29.4 Å². The second kappa shape index (κ2) is 13.6. The van der Waals surface area contributed by atoms with Gasteiger partial charge in [-0.05, 0) is 49.3 Å². The van der Waals surface area contributed by atoms with Crippen molar-refractivity contribution in [2.75, 3.05) is 0 Å². The highest BCUT2D eigenvalue weighted by Crippen LogP contribution is 2.32. The lowest BCUT2D eigenvalue weighted by molar-refractivity contribution is -0.136. The number of benzene rings is 2. The molecule has 0 saturated carbocycles. The van der Waals surface area contributed by atoms with Gasteiger partial charge in [-0.3, -0.25) is 0 Å². The summed E-state index contributed by atoms with van der Waals surface area (Å²) >= 11 is 0. The van der Waals surface area contributed by atoms with Crippen molar-refractivity contribution in [2.24, 2.45) is 0 Å². The van der Waals surface area contributed by atoms with E-state index >= 15 is 0 Å². The smallest absolute Gasteiger partial charge is 0.371 e. The summed E-state index contributed by atoms with van der Waals surface area (Å²) in [6.45, 7) is 3.44. The van der Waals surface area contributed by atoms with Crippen LogP contribution in [0, 0.1) is 0 Å². The number of aromatic carboxylic acids is 2. The van der Waals surface area contributed by atoms with Gasteiger partial charge in [0.1, 0.15) is 11.1 Å². The van der Waals surface area contributed by atoms with Crippen LogP contribution in [0.2, 0.25) is 0 Å². The van der Waals surface area contributed by atoms with Crippen molar-refractivity contribution in [3.05, 3.63) is 71.2 Å². The molecule has 0 aliphatic heterocycles. The summed E-state index contributed by atoms with van der Waals surface area (Å²) in [4.78, 5) is 43.2. The number of carboxylic acid groups (broad SMARTS) is 4. The zero-order chi connectivity index (χ0) is 27.4. The summed E-state index contributed by atoms with van der Waals surface area (Å²) in [5.74, 6) is -7.60. The van der Waals surface area contributed by atoms with Crippen molar-refractivity contribution in [3.63, 3.8) is 0 Å². The van der Waals surface area contributed by atoms with Gasteiger partial charge in [0.25, 0.3) is 0 Å². The summed E-state index contributed by atoms with van der Waals surface area (Å²) in [5, 5.41) is 54.5. The topological polar surface area (TPSA) is 208 Å². The van der Waals surface area contributed by atoms with Crippen LogP contribution in [0.3, 0.4) is 0 Å². The van der Waals surface area contributed by atoms with Crippen LogP contribution >= 0.6 is 0 Å². The van der Waals surface area contributed by atoms with Gasteiger partial charge in [0.15, 0.2) is 23.0 Å². The van der Waals surface area contributed by atoms with Crippen molar-refractivity contribution >= 4 is 23.9 Å². The number of hydrogen-bond acceptors (Lipinski definition) is 8. The molecule has 0 spiro atoms. The molecule has 36 heavy (non-hydrogen) atoms. The molecular weight excluding hydrogens is 480 g/mol. The van der Waals surface area contributed by atoms with Gasteiger partial charge in [-0.1, -0.05) is 26.0 Å². The molecule has 12 heteroatoms. The third-order valence-corrected chi connectivity index (χ3v) is 4.10. The lowest BCUT2D eigenvalue weighted by atomic mass is 10.2. The van der Waals surface area contributed by atoms with Gasteiger partial charge in [0, 0.05) is 0 Å². The quantitative estimate of drug-likeness (QED) is 0.202. The third kappa shape index (κ3) is 8.09. The molecule has 0 aliphatic rings. The van der Waals surface area contributed by atoms with Gasteiger partial charge in [-0.15, -0.1) is 0 Å². The summed E-state index contributed by atoms with van der Waals surface area (Å²) in [5.41, 5.74) is -0.706. The largest absolute Gasteiger partial charge is 0.504 e. The third-order valence-electron chi connectivity index (χ3n) is 4.10. The summed E-state index contributed by atoms with van der Waals surface area (Å²) in [6.07, 6.45) is 3.49. The molecule has 12 nitrogen and oxygen atoms in total. The van der Waals surface area contributed by atoms with Crippen molar-refractivity contribution in [3.8, 4) is 23.0 Å². The minimum Gasteiger partial charge on any atom is -0.504 e. The van der Waals surface area contributed by atoms with E-state index in [0.29, 0.717) is 12.8 Å². The first kappa shape index (κ1) is 29.0. The monoisotopic (exact) mass is 504 g/mol. The van der Waals surface area contributed by atoms with E-state index < -0.39 is 35.4 Å². The molecule has 0 atom stereocenters. The van der Waals surface area contributed by atoms with E-state index in [1.54, 1.807) is 13.8 Å². The fourth-order valence-electron chi connectivity index (χ4n) is 2.51. The molecule has 2 rings (SSSR count). The highest BCUT2D eigenvalue weighted by Gasteiger charge is 2.18. The molecule has 192 valence electrons.